The molecule has 0 saturated carbocycles. The monoisotopic (exact) mass is 561 g/mol. The van der Waals surface area contributed by atoms with Gasteiger partial charge in [-0.3, -0.25) is 5.10 Å². The van der Waals surface area contributed by atoms with Gasteiger partial charge in [-0.1, -0.05) is 50.6 Å². The first kappa shape index (κ1) is 29.6. The maximum absolute atomic E-state index is 4.62. The number of aromatic nitrogens is 3. The van der Waals surface area contributed by atoms with Gasteiger partial charge in [-0.2, -0.15) is 5.10 Å². The van der Waals surface area contributed by atoms with Crippen molar-refractivity contribution in [2.75, 3.05) is 20.6 Å². The molecular weight excluding hydrogens is 522 g/mol. The third kappa shape index (κ3) is 6.85. The number of rotatable bonds is 11. The molecule has 0 aliphatic carbocycles. The second kappa shape index (κ2) is 12.9. The van der Waals surface area contributed by atoms with Crippen LogP contribution < -0.4 is 15.9 Å². The lowest BCUT2D eigenvalue weighted by atomic mass is 10.1. The predicted molar refractivity (Wildman–Crippen MR) is 180 cm³/mol. The summed E-state index contributed by atoms with van der Waals surface area (Å²) in [6.45, 7) is 23.4. The average molecular weight is 562 g/mol. The molecule has 41 heavy (non-hydrogen) atoms. The van der Waals surface area contributed by atoms with Gasteiger partial charge >= 0.3 is 0 Å². The van der Waals surface area contributed by atoms with Crippen molar-refractivity contribution < 1.29 is 0 Å². The number of hydrogen-bond acceptors (Lipinski definition) is 4. The van der Waals surface area contributed by atoms with Gasteiger partial charge in [0.15, 0.2) is 0 Å². The van der Waals surface area contributed by atoms with Gasteiger partial charge in [0.05, 0.1) is 11.0 Å². The van der Waals surface area contributed by atoms with Crippen molar-refractivity contribution in [1.29, 1.82) is 0 Å². The van der Waals surface area contributed by atoms with E-state index >= 15 is 0 Å². The van der Waals surface area contributed by atoms with Crippen LogP contribution >= 0.6 is 11.3 Å². The van der Waals surface area contributed by atoms with Gasteiger partial charge in [-0.25, -0.2) is 0 Å². The first-order valence-electron chi connectivity index (χ1n) is 13.5. The van der Waals surface area contributed by atoms with Crippen molar-refractivity contribution in [3.63, 3.8) is 0 Å². The number of fused-ring (bicyclic) bond motifs is 1. The highest BCUT2D eigenvalue weighted by Crippen LogP contribution is 2.36. The highest BCUT2D eigenvalue weighted by Gasteiger charge is 2.13. The minimum atomic E-state index is 0.745. The maximum atomic E-state index is 4.62. The van der Waals surface area contributed by atoms with E-state index in [0.29, 0.717) is 0 Å². The first-order valence-corrected chi connectivity index (χ1v) is 14.3. The minimum absolute atomic E-state index is 0.745. The van der Waals surface area contributed by atoms with Crippen LogP contribution in [0.1, 0.15) is 25.6 Å². The van der Waals surface area contributed by atoms with E-state index in [0.717, 1.165) is 67.5 Å². The maximum Gasteiger partial charge on any atom is 0.116 e. The lowest BCUT2D eigenvalue weighted by Crippen LogP contribution is -2.23. The largest absolute Gasteiger partial charge is 0.358 e. The zero-order valence-electron chi connectivity index (χ0n) is 24.7. The van der Waals surface area contributed by atoms with Crippen molar-refractivity contribution in [2.24, 2.45) is 0 Å². The number of likely N-dealkylation sites (N-methyl/N-ethyl adjacent to an activating group) is 1. The minimum Gasteiger partial charge on any atom is -0.358 e. The fraction of sp³-hybridized carbons (Fsp3) is 0.171. The molecule has 5 nitrogen and oxygen atoms in total. The fourth-order valence-electron chi connectivity index (χ4n) is 4.62. The van der Waals surface area contributed by atoms with Crippen LogP contribution in [-0.2, 0) is 0 Å². The predicted octanol–water partition coefficient (Wildman–Crippen LogP) is 7.14. The second-order valence-electron chi connectivity index (χ2n) is 10.4. The average Bonchev–Trinajstić information content (AvgIpc) is 3.67. The highest BCUT2D eigenvalue weighted by molar-refractivity contribution is 7.16. The Morgan fingerprint density at radius 3 is 2.59 bits per heavy atom. The Balaban J connectivity index is 1.62. The number of hydrogen-bond donors (Lipinski definition) is 3. The Hall–Kier alpha value is -4.39. The molecule has 4 aromatic rings. The molecule has 210 valence electrons. The Labute approximate surface area is 247 Å². The van der Waals surface area contributed by atoms with Crippen LogP contribution in [-0.4, -0.2) is 40.7 Å². The quantitative estimate of drug-likeness (QED) is 0.171. The highest BCUT2D eigenvalue weighted by atomic mass is 32.1. The summed E-state index contributed by atoms with van der Waals surface area (Å²) in [6.07, 6.45) is 10.1. The summed E-state index contributed by atoms with van der Waals surface area (Å²) in [6, 6.07) is 12.8. The van der Waals surface area contributed by atoms with E-state index in [4.69, 9.17) is 0 Å². The SMILES string of the molecule is C=C\C(=C/C(=C\C)C(/C)=C/C=c1/[nH]nc(-c2cc3c(-c4ccc(C(=C)C)s4)cccc3[nH]2)c1=C)NC(=C)CN(C)C. The van der Waals surface area contributed by atoms with E-state index in [9.17, 15) is 0 Å². The van der Waals surface area contributed by atoms with E-state index in [1.165, 1.54) is 15.3 Å². The lowest BCUT2D eigenvalue weighted by molar-refractivity contribution is 0.438. The number of benzene rings is 1. The lowest BCUT2D eigenvalue weighted by Gasteiger charge is -2.15. The molecule has 6 heteroatoms. The van der Waals surface area contributed by atoms with Gasteiger partial charge in [0.2, 0.25) is 0 Å². The van der Waals surface area contributed by atoms with E-state index in [-0.39, 0.29) is 0 Å². The molecule has 3 N–H and O–H groups in total. The van der Waals surface area contributed by atoms with Crippen LogP contribution in [0.2, 0.25) is 0 Å². The summed E-state index contributed by atoms with van der Waals surface area (Å²) in [4.78, 5) is 8.03. The molecule has 0 aliphatic rings. The summed E-state index contributed by atoms with van der Waals surface area (Å²) >= 11 is 1.76. The molecule has 4 rings (SSSR count). The Morgan fingerprint density at radius 1 is 1.15 bits per heavy atom. The van der Waals surface area contributed by atoms with Crippen LogP contribution in [0.15, 0.2) is 103 Å². The molecule has 3 heterocycles. The fourth-order valence-corrected chi connectivity index (χ4v) is 5.59. The molecule has 1 aromatic carbocycles. The van der Waals surface area contributed by atoms with Crippen LogP contribution in [0.5, 0.6) is 0 Å². The summed E-state index contributed by atoms with van der Waals surface area (Å²) < 4.78 is 0. The number of nitrogens with one attached hydrogen (secondary N) is 3. The van der Waals surface area contributed by atoms with Gasteiger partial charge in [0.1, 0.15) is 5.69 Å². The number of nitrogens with zero attached hydrogens (tertiary/aromatic N) is 2. The molecular formula is C35H39N5S. The van der Waals surface area contributed by atoms with Crippen molar-refractivity contribution in [3.05, 3.63) is 118 Å². The zero-order valence-corrected chi connectivity index (χ0v) is 25.5. The van der Waals surface area contributed by atoms with Gasteiger partial charge in [-0.05, 0) is 94.1 Å². The summed E-state index contributed by atoms with van der Waals surface area (Å²) in [5.41, 5.74) is 9.07. The van der Waals surface area contributed by atoms with E-state index in [1.807, 2.05) is 34.0 Å². The van der Waals surface area contributed by atoms with Crippen LogP contribution in [0.4, 0.5) is 0 Å². The molecule has 0 bridgehead atoms. The Morgan fingerprint density at radius 2 is 1.93 bits per heavy atom. The summed E-state index contributed by atoms with van der Waals surface area (Å²) in [5, 5.41) is 14.0. The number of thiophene rings is 1. The van der Waals surface area contributed by atoms with Crippen molar-refractivity contribution >= 4 is 40.5 Å². The molecule has 0 aliphatic heterocycles. The summed E-state index contributed by atoms with van der Waals surface area (Å²) in [7, 11) is 4.03. The molecule has 0 spiro atoms. The number of H-pyrrole nitrogens is 2. The van der Waals surface area contributed by atoms with E-state index in [1.54, 1.807) is 17.4 Å². The molecule has 0 amide bonds. The van der Waals surface area contributed by atoms with E-state index in [2.05, 4.69) is 113 Å². The van der Waals surface area contributed by atoms with Crippen LogP contribution in [0.25, 0.3) is 51.0 Å². The number of aromatic amines is 2. The first-order chi connectivity index (χ1) is 19.6. The molecule has 3 aromatic heterocycles. The van der Waals surface area contributed by atoms with Crippen LogP contribution in [0, 0.1) is 0 Å². The normalized spacial score (nSPS) is 13.3. The van der Waals surface area contributed by atoms with Gasteiger partial charge in [-0.15, -0.1) is 11.3 Å². The van der Waals surface area contributed by atoms with Gasteiger partial charge in [0.25, 0.3) is 0 Å². The molecule has 0 atom stereocenters. The van der Waals surface area contributed by atoms with Crippen molar-refractivity contribution in [3.8, 4) is 21.8 Å². The smallest absolute Gasteiger partial charge is 0.116 e. The Bertz CT molecular complexity index is 1820. The second-order valence-corrected chi connectivity index (χ2v) is 11.5. The van der Waals surface area contributed by atoms with Crippen molar-refractivity contribution in [2.45, 2.75) is 20.8 Å². The van der Waals surface area contributed by atoms with Gasteiger partial charge < -0.3 is 15.2 Å². The molecule has 0 radical (unpaired) electrons. The van der Waals surface area contributed by atoms with Gasteiger partial charge in [0, 0.05) is 49.4 Å². The Kier molecular flexibility index (Phi) is 9.28. The molecule has 0 unspecified atom stereocenters. The van der Waals surface area contributed by atoms with Crippen molar-refractivity contribution in [1.82, 2.24) is 25.4 Å². The third-order valence-corrected chi connectivity index (χ3v) is 8.02. The van der Waals surface area contributed by atoms with Crippen LogP contribution in [0.3, 0.4) is 0 Å². The standard InChI is InChI=1S/C35H39N5S/c1-10-26(19-27(11-2)36-24(6)21-40(8)9)23(5)15-16-30-25(7)35(39-38-30)32-20-29-28(13-12-14-31(29)37-32)34-18-17-33(41-34)22(3)4/h10-20,36-38H,2-3,6-7,21H2,1,4-5,8-9H3/b23-15+,26-10+,27-19+,30-16+. The molecule has 0 saturated heterocycles. The molecule has 0 fully saturated rings. The summed E-state index contributed by atoms with van der Waals surface area (Å²) in [5.74, 6) is 0. The third-order valence-electron chi connectivity index (χ3n) is 6.74. The topological polar surface area (TPSA) is 59.7 Å². The zero-order chi connectivity index (χ0) is 29.7. The van der Waals surface area contributed by atoms with E-state index < -0.39 is 0 Å². The number of allylic oxidation sites excluding steroid dienone is 7.